The minimum atomic E-state index is -4.71. The molecule has 124 valence electrons. The summed E-state index contributed by atoms with van der Waals surface area (Å²) in [6.07, 6.45) is -9.96. The summed E-state index contributed by atoms with van der Waals surface area (Å²) in [5, 5.41) is 0. The predicted octanol–water partition coefficient (Wildman–Crippen LogP) is 4.48. The van der Waals surface area contributed by atoms with Crippen molar-refractivity contribution in [3.63, 3.8) is 0 Å². The molecule has 0 aromatic heterocycles. The van der Waals surface area contributed by atoms with Gasteiger partial charge in [0.05, 0.1) is 11.1 Å². The Morgan fingerprint density at radius 1 is 0.652 bits per heavy atom. The molecule has 2 nitrogen and oxygen atoms in total. The van der Waals surface area contributed by atoms with Gasteiger partial charge in [-0.15, -0.1) is 0 Å². The van der Waals surface area contributed by atoms with Crippen molar-refractivity contribution in [2.75, 3.05) is 11.5 Å². The van der Waals surface area contributed by atoms with Crippen LogP contribution in [0.5, 0.6) is 0 Å². The number of nitrogen functional groups attached to an aromatic ring is 2. The average molecular weight is 334 g/mol. The van der Waals surface area contributed by atoms with Gasteiger partial charge in [-0.3, -0.25) is 0 Å². The molecule has 23 heavy (non-hydrogen) atoms. The number of benzene rings is 2. The minimum absolute atomic E-state index is 0.116. The molecule has 0 heterocycles. The molecule has 0 aliphatic carbocycles. The summed E-state index contributed by atoms with van der Waals surface area (Å²) < 4.78 is 78.2. The maximum Gasteiger partial charge on any atom is 0.416 e. The second kappa shape index (κ2) is 5.68. The van der Waals surface area contributed by atoms with E-state index in [2.05, 4.69) is 0 Å². The second-order valence-corrected chi connectivity index (χ2v) is 5.01. The molecule has 0 amide bonds. The molecule has 2 rings (SSSR count). The van der Waals surface area contributed by atoms with Crippen molar-refractivity contribution in [1.82, 2.24) is 0 Å². The van der Waals surface area contributed by atoms with Gasteiger partial charge in [-0.1, -0.05) is 12.1 Å². The van der Waals surface area contributed by atoms with Gasteiger partial charge in [-0.25, -0.2) is 0 Å². The van der Waals surface area contributed by atoms with Crippen molar-refractivity contribution in [2.45, 2.75) is 18.8 Å². The lowest BCUT2D eigenvalue weighted by atomic mass is 9.95. The van der Waals surface area contributed by atoms with E-state index in [9.17, 15) is 26.3 Å². The topological polar surface area (TPSA) is 52.0 Å². The smallest absolute Gasteiger partial charge is 0.399 e. The molecule has 4 N–H and O–H groups in total. The van der Waals surface area contributed by atoms with Crippen LogP contribution >= 0.6 is 0 Å². The number of anilines is 2. The van der Waals surface area contributed by atoms with Gasteiger partial charge in [-0.05, 0) is 41.8 Å². The Hall–Kier alpha value is -2.38. The first-order valence-corrected chi connectivity index (χ1v) is 6.39. The Morgan fingerprint density at radius 3 is 1.30 bits per heavy atom. The Labute approximate surface area is 127 Å². The van der Waals surface area contributed by atoms with Crippen LogP contribution in [0.4, 0.5) is 37.7 Å². The third kappa shape index (κ3) is 3.88. The van der Waals surface area contributed by atoms with Crippen LogP contribution in [-0.4, -0.2) is 0 Å². The number of halogens is 6. The summed E-state index contributed by atoms with van der Waals surface area (Å²) in [4.78, 5) is 0. The van der Waals surface area contributed by atoms with Crippen molar-refractivity contribution < 1.29 is 26.3 Å². The third-order valence-corrected chi connectivity index (χ3v) is 3.26. The highest BCUT2D eigenvalue weighted by Gasteiger charge is 2.36. The lowest BCUT2D eigenvalue weighted by Crippen LogP contribution is -2.13. The molecule has 0 unspecified atom stereocenters. The Bertz CT molecular complexity index is 657. The first-order valence-electron chi connectivity index (χ1n) is 6.39. The Morgan fingerprint density at radius 2 is 1.00 bits per heavy atom. The van der Waals surface area contributed by atoms with Gasteiger partial charge < -0.3 is 11.5 Å². The van der Waals surface area contributed by atoms with Gasteiger partial charge in [0.15, 0.2) is 0 Å². The lowest BCUT2D eigenvalue weighted by Gasteiger charge is -2.17. The fourth-order valence-electron chi connectivity index (χ4n) is 2.23. The van der Waals surface area contributed by atoms with Gasteiger partial charge in [0.1, 0.15) is 0 Å². The highest BCUT2D eigenvalue weighted by molar-refractivity contribution is 5.51. The summed E-state index contributed by atoms with van der Waals surface area (Å²) >= 11 is 0. The van der Waals surface area contributed by atoms with E-state index >= 15 is 0 Å². The van der Waals surface area contributed by atoms with E-state index in [1.807, 2.05) is 0 Å². The van der Waals surface area contributed by atoms with Crippen molar-refractivity contribution in [1.29, 1.82) is 0 Å². The van der Waals surface area contributed by atoms with Crippen LogP contribution in [0.1, 0.15) is 22.3 Å². The largest absolute Gasteiger partial charge is 0.416 e. The highest BCUT2D eigenvalue weighted by Crippen LogP contribution is 2.37. The maximum atomic E-state index is 13.0. The average Bonchev–Trinajstić information content (AvgIpc) is 2.40. The van der Waals surface area contributed by atoms with Gasteiger partial charge in [0.25, 0.3) is 0 Å². The van der Waals surface area contributed by atoms with E-state index in [0.29, 0.717) is 12.1 Å². The number of nitrogens with two attached hydrogens (primary N) is 2. The first kappa shape index (κ1) is 17.0. The summed E-state index contributed by atoms with van der Waals surface area (Å²) in [7, 11) is 0. The normalized spacial score (nSPS) is 12.4. The van der Waals surface area contributed by atoms with E-state index in [1.165, 1.54) is 12.1 Å². The van der Waals surface area contributed by atoms with E-state index in [-0.39, 0.29) is 22.5 Å². The van der Waals surface area contributed by atoms with Gasteiger partial charge in [-0.2, -0.15) is 26.3 Å². The Balaban J connectivity index is 2.53. The van der Waals surface area contributed by atoms with Gasteiger partial charge in [0.2, 0.25) is 0 Å². The third-order valence-electron chi connectivity index (χ3n) is 3.26. The van der Waals surface area contributed by atoms with Crippen LogP contribution in [0.2, 0.25) is 0 Å². The fraction of sp³-hybridized carbons (Fsp3) is 0.200. The van der Waals surface area contributed by atoms with Crippen LogP contribution in [0.25, 0.3) is 0 Å². The van der Waals surface area contributed by atoms with E-state index in [0.717, 1.165) is 12.1 Å². The van der Waals surface area contributed by atoms with Gasteiger partial charge >= 0.3 is 12.4 Å². The summed E-state index contributed by atoms with van der Waals surface area (Å²) in [5.41, 5.74) is 7.76. The van der Waals surface area contributed by atoms with Crippen molar-refractivity contribution in [2.24, 2.45) is 0 Å². The zero-order valence-electron chi connectivity index (χ0n) is 11.6. The number of hydrogen-bond donors (Lipinski definition) is 2. The molecule has 2 aromatic carbocycles. The maximum absolute atomic E-state index is 13.0. The molecule has 0 aliphatic rings. The number of rotatable bonds is 2. The first-order chi connectivity index (χ1) is 10.5. The zero-order valence-corrected chi connectivity index (χ0v) is 11.6. The Kier molecular flexibility index (Phi) is 4.19. The molecule has 0 saturated heterocycles. The van der Waals surface area contributed by atoms with Crippen LogP contribution in [0, 0.1) is 0 Å². The lowest BCUT2D eigenvalue weighted by molar-refractivity contribution is -0.138. The predicted molar refractivity (Wildman–Crippen MR) is 74.5 cm³/mol. The molecular formula is C15H12F6N2. The van der Waals surface area contributed by atoms with Crippen LogP contribution < -0.4 is 11.5 Å². The van der Waals surface area contributed by atoms with Crippen molar-refractivity contribution in [3.8, 4) is 0 Å². The molecule has 0 radical (unpaired) electrons. The van der Waals surface area contributed by atoms with Crippen molar-refractivity contribution in [3.05, 3.63) is 58.7 Å². The molecule has 0 aliphatic heterocycles. The molecule has 0 spiro atoms. The second-order valence-electron chi connectivity index (χ2n) is 5.01. The fourth-order valence-corrected chi connectivity index (χ4v) is 2.23. The van der Waals surface area contributed by atoms with Crippen LogP contribution in [0.15, 0.2) is 36.4 Å². The molecule has 8 heteroatoms. The standard InChI is InChI=1S/C15H12F6N2/c16-14(17,18)12-6-10(22)3-1-8(12)5-9-2-4-11(23)7-13(9)15(19,20)21/h1-4,6-7H,5,22-23H2. The molecule has 0 bridgehead atoms. The highest BCUT2D eigenvalue weighted by atomic mass is 19.4. The monoisotopic (exact) mass is 334 g/mol. The van der Waals surface area contributed by atoms with Crippen molar-refractivity contribution >= 4 is 11.4 Å². The minimum Gasteiger partial charge on any atom is -0.399 e. The molecule has 0 fully saturated rings. The quantitative estimate of drug-likeness (QED) is 0.628. The summed E-state index contributed by atoms with van der Waals surface area (Å²) in [6.45, 7) is 0. The number of hydrogen-bond acceptors (Lipinski definition) is 2. The summed E-state index contributed by atoms with van der Waals surface area (Å²) in [5.74, 6) is 0. The van der Waals surface area contributed by atoms with Crippen LogP contribution in [-0.2, 0) is 18.8 Å². The molecule has 0 saturated carbocycles. The molecule has 2 aromatic rings. The SMILES string of the molecule is Nc1ccc(Cc2ccc(N)cc2C(F)(F)F)c(C(F)(F)F)c1. The zero-order chi connectivity index (χ0) is 17.4. The van der Waals surface area contributed by atoms with E-state index in [4.69, 9.17) is 11.5 Å². The van der Waals surface area contributed by atoms with Crippen LogP contribution in [0.3, 0.4) is 0 Å². The summed E-state index contributed by atoms with van der Waals surface area (Å²) in [6, 6.07) is 6.01. The number of alkyl halides is 6. The van der Waals surface area contributed by atoms with Gasteiger partial charge in [0, 0.05) is 11.4 Å². The molecule has 0 atom stereocenters. The van der Waals surface area contributed by atoms with E-state index < -0.39 is 29.9 Å². The molecular weight excluding hydrogens is 322 g/mol. The van der Waals surface area contributed by atoms with E-state index in [1.54, 1.807) is 0 Å².